The van der Waals surface area contributed by atoms with E-state index in [-0.39, 0.29) is 10.8 Å². The van der Waals surface area contributed by atoms with Crippen molar-refractivity contribution in [2.45, 2.75) is 76.3 Å². The molecule has 0 aromatic heterocycles. The van der Waals surface area contributed by atoms with E-state index in [2.05, 4.69) is 204 Å². The van der Waals surface area contributed by atoms with Crippen LogP contribution < -0.4 is 9.80 Å². The van der Waals surface area contributed by atoms with E-state index >= 15 is 4.79 Å². The number of nitriles is 2. The first kappa shape index (κ1) is 47.1. The van der Waals surface area contributed by atoms with Crippen molar-refractivity contribution in [1.29, 1.82) is 10.5 Å². The van der Waals surface area contributed by atoms with Gasteiger partial charge in [0.25, 0.3) is 0 Å². The van der Waals surface area contributed by atoms with Crippen molar-refractivity contribution in [2.75, 3.05) is 23.4 Å². The third kappa shape index (κ3) is 8.70. The molecule has 9 rings (SSSR count). The summed E-state index contributed by atoms with van der Waals surface area (Å²) in [5, 5.41) is 20.4. The minimum atomic E-state index is -1.42. The third-order valence-electron chi connectivity index (χ3n) is 14.5. The van der Waals surface area contributed by atoms with Gasteiger partial charge < -0.3 is 14.6 Å². The molecule has 346 valence electrons. The van der Waals surface area contributed by atoms with Gasteiger partial charge in [0.2, 0.25) is 0 Å². The van der Waals surface area contributed by atoms with E-state index in [4.69, 9.17) is 0 Å². The summed E-state index contributed by atoms with van der Waals surface area (Å²) in [4.78, 5) is 20.3. The maximum Gasteiger partial charge on any atom is 0.136 e. The van der Waals surface area contributed by atoms with Crippen molar-refractivity contribution in [1.82, 2.24) is 0 Å². The molecule has 5 heteroatoms. The van der Waals surface area contributed by atoms with Gasteiger partial charge in [-0.1, -0.05) is 199 Å². The molecule has 1 heterocycles. The van der Waals surface area contributed by atoms with E-state index in [0.717, 1.165) is 67.0 Å². The largest absolute Gasteiger partial charge is 0.370 e. The predicted molar refractivity (Wildman–Crippen MR) is 287 cm³/mol. The summed E-state index contributed by atoms with van der Waals surface area (Å²) in [5.41, 5.74) is 13.1. The van der Waals surface area contributed by atoms with Crippen LogP contribution in [0.5, 0.6) is 0 Å². The molecular weight excluding hydrogens is 853 g/mol. The van der Waals surface area contributed by atoms with Crippen LogP contribution in [0, 0.1) is 22.7 Å². The monoisotopic (exact) mass is 912 g/mol. The van der Waals surface area contributed by atoms with Gasteiger partial charge in [-0.2, -0.15) is 10.5 Å². The average molecular weight is 913 g/mol. The highest BCUT2D eigenvalue weighted by molar-refractivity contribution is 5.90. The fourth-order valence-corrected chi connectivity index (χ4v) is 10.7. The number of fused-ring (bicyclic) bond motifs is 1. The van der Waals surface area contributed by atoms with Crippen LogP contribution in [0.4, 0.5) is 11.4 Å². The van der Waals surface area contributed by atoms with Gasteiger partial charge in [0.05, 0.1) is 34.1 Å². The average Bonchev–Trinajstić information content (AvgIpc) is 3.70. The lowest BCUT2D eigenvalue weighted by Gasteiger charge is -2.48. The molecule has 0 N–H and O–H groups in total. The number of rotatable bonds is 12. The summed E-state index contributed by atoms with van der Waals surface area (Å²) in [6.07, 6.45) is 1.18. The molecule has 2 atom stereocenters. The Morgan fingerprint density at radius 2 is 1.03 bits per heavy atom. The van der Waals surface area contributed by atoms with Crippen LogP contribution >= 0.6 is 0 Å². The lowest BCUT2D eigenvalue weighted by molar-refractivity contribution is -0.112. The van der Waals surface area contributed by atoms with Gasteiger partial charge in [0, 0.05) is 38.1 Å². The second-order valence-corrected chi connectivity index (χ2v) is 21.0. The summed E-state index contributed by atoms with van der Waals surface area (Å²) in [7, 11) is 2.11. The van der Waals surface area contributed by atoms with E-state index in [1.165, 1.54) is 17.4 Å². The summed E-state index contributed by atoms with van der Waals surface area (Å²) in [6, 6.07) is 72.2. The molecule has 5 nitrogen and oxygen atoms in total. The normalized spacial score (nSPS) is 15.3. The van der Waals surface area contributed by atoms with Gasteiger partial charge in [-0.15, -0.1) is 0 Å². The number of carbonyl (C=O) groups excluding carboxylic acids is 1. The van der Waals surface area contributed by atoms with E-state index in [1.54, 1.807) is 0 Å². The molecule has 0 radical (unpaired) electrons. The number of anilines is 2. The van der Waals surface area contributed by atoms with E-state index in [0.29, 0.717) is 30.8 Å². The summed E-state index contributed by atoms with van der Waals surface area (Å²) < 4.78 is 0. The second kappa shape index (κ2) is 18.8. The van der Waals surface area contributed by atoms with Crippen molar-refractivity contribution in [2.24, 2.45) is 0 Å². The Hall–Kier alpha value is -7.99. The molecule has 0 bridgehead atoms. The SMILES string of the molecule is CN(Cc1ccccc1)c1cc(-c2ccc(C(C)(C)C)cc2)ccc1C(C=O)(c1ccc(C#N)cc1)C1(c2ccc(C#N)cc2)CN(Cc2ccccc2)c2cc(-c3ccc(C(C)(C)C)cc3)ccc21. The highest BCUT2D eigenvalue weighted by Crippen LogP contribution is 2.60. The molecule has 1 aliphatic rings. The zero-order chi connectivity index (χ0) is 49.3. The van der Waals surface area contributed by atoms with Crippen LogP contribution in [0.2, 0.25) is 0 Å². The fourth-order valence-electron chi connectivity index (χ4n) is 10.7. The fraction of sp³-hybridized carbons (Fsp3) is 0.215. The third-order valence-corrected chi connectivity index (χ3v) is 14.5. The van der Waals surface area contributed by atoms with Crippen LogP contribution in [-0.4, -0.2) is 19.9 Å². The minimum absolute atomic E-state index is 0.00250. The Bertz CT molecular complexity index is 3220. The first-order valence-electron chi connectivity index (χ1n) is 24.2. The highest BCUT2D eigenvalue weighted by Gasteiger charge is 2.61. The smallest absolute Gasteiger partial charge is 0.136 e. The zero-order valence-corrected chi connectivity index (χ0v) is 41.4. The number of nitrogens with zero attached hydrogens (tertiary/aromatic N) is 4. The maximum atomic E-state index is 15.6. The first-order valence-corrected chi connectivity index (χ1v) is 24.2. The number of carbonyl (C=O) groups is 1. The van der Waals surface area contributed by atoms with Crippen molar-refractivity contribution >= 4 is 17.7 Å². The molecule has 0 amide bonds. The molecule has 0 spiro atoms. The van der Waals surface area contributed by atoms with Crippen molar-refractivity contribution in [3.63, 3.8) is 0 Å². The Balaban J connectivity index is 1.37. The Morgan fingerprint density at radius 1 is 0.557 bits per heavy atom. The molecule has 70 heavy (non-hydrogen) atoms. The highest BCUT2D eigenvalue weighted by atomic mass is 16.1. The molecule has 8 aromatic carbocycles. The van der Waals surface area contributed by atoms with Crippen LogP contribution in [0.3, 0.4) is 0 Å². The first-order chi connectivity index (χ1) is 33.7. The van der Waals surface area contributed by atoms with E-state index in [9.17, 15) is 10.5 Å². The Morgan fingerprint density at radius 3 is 1.54 bits per heavy atom. The second-order valence-electron chi connectivity index (χ2n) is 21.0. The molecule has 1 aliphatic heterocycles. The summed E-state index contributed by atoms with van der Waals surface area (Å²) in [5.74, 6) is 0. The molecule has 8 aromatic rings. The number of hydrogen-bond donors (Lipinski definition) is 0. The van der Waals surface area contributed by atoms with Gasteiger partial charge in [-0.05, 0) is 114 Å². The summed E-state index contributed by atoms with van der Waals surface area (Å²) in [6.45, 7) is 15.0. The lowest BCUT2D eigenvalue weighted by atomic mass is 9.52. The van der Waals surface area contributed by atoms with Gasteiger partial charge in [-0.25, -0.2) is 0 Å². The van der Waals surface area contributed by atoms with Crippen molar-refractivity contribution in [3.05, 3.63) is 250 Å². The van der Waals surface area contributed by atoms with Crippen LogP contribution in [0.1, 0.15) is 97.2 Å². The minimum Gasteiger partial charge on any atom is -0.370 e. The predicted octanol–water partition coefficient (Wildman–Crippen LogP) is 14.5. The molecule has 0 saturated carbocycles. The standard InChI is InChI=1S/C65H60N4O/c1-62(2,3)54-32-22-50(23-33-54)52-26-36-58(60(38-52)68(7)42-48-14-10-8-11-15-48)65(45-70,57-30-20-47(41-67)21-31-57)64(56-28-18-46(40-66)19-29-56)44-69(43-49-16-12-9-13-17-49)61-39-53(27-37-59(61)64)51-24-34-55(35-25-51)63(4,5)6/h8-39,45H,42-44H2,1-7H3. The maximum absolute atomic E-state index is 15.6. The zero-order valence-electron chi connectivity index (χ0n) is 41.4. The topological polar surface area (TPSA) is 71.1 Å². The van der Waals surface area contributed by atoms with Gasteiger partial charge in [0.15, 0.2) is 0 Å². The Kier molecular flexibility index (Phi) is 12.7. The van der Waals surface area contributed by atoms with Gasteiger partial charge in [0.1, 0.15) is 6.29 Å². The number of benzene rings is 8. The van der Waals surface area contributed by atoms with Gasteiger partial charge in [-0.3, -0.25) is 0 Å². The van der Waals surface area contributed by atoms with Crippen LogP contribution in [0.15, 0.2) is 194 Å². The number of hydrogen-bond acceptors (Lipinski definition) is 5. The number of aldehydes is 1. The summed E-state index contributed by atoms with van der Waals surface area (Å²) >= 11 is 0. The lowest BCUT2D eigenvalue weighted by Crippen LogP contribution is -2.55. The molecular formula is C65H60N4O. The Labute approximate surface area is 414 Å². The quantitative estimate of drug-likeness (QED) is 0.114. The molecule has 0 fully saturated rings. The van der Waals surface area contributed by atoms with Gasteiger partial charge >= 0.3 is 0 Å². The molecule has 0 saturated heterocycles. The van der Waals surface area contributed by atoms with Crippen molar-refractivity contribution < 1.29 is 4.79 Å². The molecule has 0 aliphatic carbocycles. The van der Waals surface area contributed by atoms with Crippen molar-refractivity contribution in [3.8, 4) is 34.4 Å². The van der Waals surface area contributed by atoms with E-state index < -0.39 is 10.8 Å². The van der Waals surface area contributed by atoms with Crippen LogP contribution in [-0.2, 0) is 39.5 Å². The molecule has 2 unspecified atom stereocenters. The van der Waals surface area contributed by atoms with E-state index in [1.807, 2.05) is 60.7 Å². The van der Waals surface area contributed by atoms with Crippen LogP contribution in [0.25, 0.3) is 22.3 Å².